The number of ether oxygens (including phenoxy) is 1. The molecule has 7 heteroatoms. The van der Waals surface area contributed by atoms with Gasteiger partial charge in [-0.3, -0.25) is 0 Å². The van der Waals surface area contributed by atoms with Crippen molar-refractivity contribution in [1.82, 2.24) is 10.2 Å². The first-order valence-corrected chi connectivity index (χ1v) is 7.86. The Labute approximate surface area is 139 Å². The van der Waals surface area contributed by atoms with E-state index in [0.717, 1.165) is 26.1 Å². The first-order valence-electron chi connectivity index (χ1n) is 6.82. The van der Waals surface area contributed by atoms with Crippen molar-refractivity contribution in [2.24, 2.45) is 0 Å². The van der Waals surface area contributed by atoms with E-state index >= 15 is 0 Å². The van der Waals surface area contributed by atoms with Gasteiger partial charge in [-0.2, -0.15) is 25.3 Å². The first-order chi connectivity index (χ1) is 8.78. The molecular weight excluding hydrogens is 316 g/mol. The van der Waals surface area contributed by atoms with Gasteiger partial charge in [-0.15, -0.1) is 12.4 Å². The van der Waals surface area contributed by atoms with Gasteiger partial charge in [-0.25, -0.2) is 4.79 Å². The van der Waals surface area contributed by atoms with Crippen molar-refractivity contribution < 1.29 is 9.53 Å². The number of thiol groups is 2. The fraction of sp³-hybridized carbons (Fsp3) is 0.923. The maximum Gasteiger partial charge on any atom is 0.410 e. The predicted octanol–water partition coefficient (Wildman–Crippen LogP) is 2.63. The summed E-state index contributed by atoms with van der Waals surface area (Å²) in [5.41, 5.74) is -0.397. The zero-order chi connectivity index (χ0) is 14.5. The number of hydrogen-bond donors (Lipinski definition) is 3. The van der Waals surface area contributed by atoms with Crippen molar-refractivity contribution in [3.63, 3.8) is 0 Å². The lowest BCUT2D eigenvalue weighted by Gasteiger charge is -2.24. The van der Waals surface area contributed by atoms with E-state index in [9.17, 15) is 4.79 Å². The number of likely N-dealkylation sites (tertiary alicyclic amines) is 1. The van der Waals surface area contributed by atoms with Crippen LogP contribution in [0.4, 0.5) is 4.79 Å². The van der Waals surface area contributed by atoms with Gasteiger partial charge in [-0.1, -0.05) is 0 Å². The van der Waals surface area contributed by atoms with Gasteiger partial charge in [-0.05, 0) is 40.2 Å². The number of nitrogens with zero attached hydrogens (tertiary/aromatic N) is 1. The van der Waals surface area contributed by atoms with E-state index in [1.165, 1.54) is 6.42 Å². The zero-order valence-electron chi connectivity index (χ0n) is 12.5. The molecule has 0 saturated carbocycles. The fourth-order valence-electron chi connectivity index (χ4n) is 1.87. The Morgan fingerprint density at radius 1 is 1.25 bits per heavy atom. The van der Waals surface area contributed by atoms with Crippen LogP contribution in [0.25, 0.3) is 0 Å². The molecule has 0 bridgehead atoms. The highest BCUT2D eigenvalue weighted by molar-refractivity contribution is 7.81. The van der Waals surface area contributed by atoms with E-state index in [4.69, 9.17) is 4.74 Å². The predicted molar refractivity (Wildman–Crippen MR) is 92.7 cm³/mol. The van der Waals surface area contributed by atoms with Crippen LogP contribution in [0.3, 0.4) is 0 Å². The van der Waals surface area contributed by atoms with E-state index in [0.29, 0.717) is 17.0 Å². The molecular formula is C13H27ClN2O2S2. The summed E-state index contributed by atoms with van der Waals surface area (Å²) in [6, 6.07) is 0. The van der Waals surface area contributed by atoms with Crippen LogP contribution < -0.4 is 5.32 Å². The zero-order valence-corrected chi connectivity index (χ0v) is 15.1. The Hall–Kier alpha value is 0.220. The number of halogens is 1. The monoisotopic (exact) mass is 342 g/mol. The van der Waals surface area contributed by atoms with Gasteiger partial charge in [0.2, 0.25) is 0 Å². The molecule has 2 fully saturated rings. The lowest BCUT2D eigenvalue weighted by atomic mass is 10.2. The molecule has 0 aliphatic carbocycles. The van der Waals surface area contributed by atoms with Gasteiger partial charge in [0.05, 0.1) is 0 Å². The highest BCUT2D eigenvalue weighted by Gasteiger charge is 2.27. The van der Waals surface area contributed by atoms with Crippen molar-refractivity contribution in [3.05, 3.63) is 0 Å². The van der Waals surface area contributed by atoms with Gasteiger partial charge in [0.25, 0.3) is 0 Å². The summed E-state index contributed by atoms with van der Waals surface area (Å²) >= 11 is 8.54. The second-order valence-electron chi connectivity index (χ2n) is 6.02. The second kappa shape index (κ2) is 9.28. The first kappa shape index (κ1) is 20.2. The number of carbonyl (C=O) groups excluding carboxylic acids is 1. The number of amides is 1. The topological polar surface area (TPSA) is 41.6 Å². The molecule has 20 heavy (non-hydrogen) atoms. The summed E-state index contributed by atoms with van der Waals surface area (Å²) in [7, 11) is 0. The minimum absolute atomic E-state index is 0. The standard InChI is InChI=1S/C9H17NO2S.C4H9NS.ClH/c1-9(2,3)12-8(11)10-5-4-7(13)6-10;6-4-1-2-5-3-4;/h7,13H,4-6H2,1-3H3;4-6H,1-3H2;1H/t7-;4-;/m11./s1. The molecule has 2 aliphatic rings. The molecule has 0 unspecified atom stereocenters. The van der Waals surface area contributed by atoms with Crippen LogP contribution in [0.1, 0.15) is 33.6 Å². The summed E-state index contributed by atoms with van der Waals surface area (Å²) in [5, 5.41) is 4.14. The highest BCUT2D eigenvalue weighted by atomic mass is 35.5. The third-order valence-corrected chi connectivity index (χ3v) is 3.71. The highest BCUT2D eigenvalue weighted by Crippen LogP contribution is 2.17. The van der Waals surface area contributed by atoms with Gasteiger partial charge in [0.1, 0.15) is 5.60 Å². The van der Waals surface area contributed by atoms with Crippen LogP contribution in [0.2, 0.25) is 0 Å². The van der Waals surface area contributed by atoms with Crippen LogP contribution in [0, 0.1) is 0 Å². The Balaban J connectivity index is 0.000000434. The van der Waals surface area contributed by atoms with Crippen LogP contribution in [0.15, 0.2) is 0 Å². The molecule has 0 aromatic rings. The van der Waals surface area contributed by atoms with Gasteiger partial charge in [0.15, 0.2) is 0 Å². The minimum Gasteiger partial charge on any atom is -0.444 e. The van der Waals surface area contributed by atoms with Crippen LogP contribution >= 0.6 is 37.7 Å². The van der Waals surface area contributed by atoms with E-state index in [2.05, 4.69) is 30.6 Å². The molecule has 1 amide bonds. The number of rotatable bonds is 0. The van der Waals surface area contributed by atoms with Gasteiger partial charge < -0.3 is 15.0 Å². The van der Waals surface area contributed by atoms with E-state index in [1.54, 1.807) is 4.90 Å². The average molecular weight is 343 g/mol. The number of carbonyl (C=O) groups is 1. The molecule has 2 aliphatic heterocycles. The maximum absolute atomic E-state index is 11.5. The van der Waals surface area contributed by atoms with Gasteiger partial charge >= 0.3 is 6.09 Å². The molecule has 1 N–H and O–H groups in total. The average Bonchev–Trinajstić information content (AvgIpc) is 2.88. The largest absolute Gasteiger partial charge is 0.444 e. The Bertz CT molecular complexity index is 295. The van der Waals surface area contributed by atoms with Crippen LogP contribution in [-0.2, 0) is 4.74 Å². The van der Waals surface area contributed by atoms with Crippen LogP contribution in [-0.4, -0.2) is 53.3 Å². The maximum atomic E-state index is 11.5. The lowest BCUT2D eigenvalue weighted by molar-refractivity contribution is 0.0295. The molecule has 2 saturated heterocycles. The summed E-state index contributed by atoms with van der Waals surface area (Å²) in [4.78, 5) is 13.2. The summed E-state index contributed by atoms with van der Waals surface area (Å²) < 4.78 is 5.22. The third-order valence-electron chi connectivity index (χ3n) is 2.85. The third kappa shape index (κ3) is 8.49. The molecule has 120 valence electrons. The molecule has 0 spiro atoms. The minimum atomic E-state index is -0.397. The summed E-state index contributed by atoms with van der Waals surface area (Å²) in [6.45, 7) is 9.36. The smallest absolute Gasteiger partial charge is 0.410 e. The molecule has 0 aromatic heterocycles. The van der Waals surface area contributed by atoms with Crippen molar-refractivity contribution in [2.75, 3.05) is 26.2 Å². The lowest BCUT2D eigenvalue weighted by Crippen LogP contribution is -2.35. The normalized spacial score (nSPS) is 25.6. The van der Waals surface area contributed by atoms with Gasteiger partial charge in [0, 0.05) is 30.1 Å². The number of hydrogen-bond acceptors (Lipinski definition) is 5. The molecule has 0 aromatic carbocycles. The molecule has 0 radical (unpaired) electrons. The number of nitrogens with one attached hydrogen (secondary N) is 1. The van der Waals surface area contributed by atoms with Crippen LogP contribution in [0.5, 0.6) is 0 Å². The molecule has 2 atom stereocenters. The molecule has 2 rings (SSSR count). The van der Waals surface area contributed by atoms with E-state index < -0.39 is 5.60 Å². The summed E-state index contributed by atoms with van der Waals surface area (Å²) in [6.07, 6.45) is 1.98. The molecule has 4 nitrogen and oxygen atoms in total. The van der Waals surface area contributed by atoms with Crippen molar-refractivity contribution in [2.45, 2.75) is 49.7 Å². The molecule has 2 heterocycles. The Morgan fingerprint density at radius 3 is 2.20 bits per heavy atom. The van der Waals surface area contributed by atoms with Crippen molar-refractivity contribution >= 4 is 43.8 Å². The van der Waals surface area contributed by atoms with E-state index in [-0.39, 0.29) is 18.5 Å². The SMILES string of the molecule is CC(C)(C)OC(=O)N1CC[C@@H](S)C1.Cl.S[C@@H]1CCNC1. The van der Waals surface area contributed by atoms with E-state index in [1.807, 2.05) is 20.8 Å². The van der Waals surface area contributed by atoms with Crippen molar-refractivity contribution in [3.8, 4) is 0 Å². The Morgan fingerprint density at radius 2 is 1.90 bits per heavy atom. The summed E-state index contributed by atoms with van der Waals surface area (Å²) in [5.74, 6) is 0. The quantitative estimate of drug-likeness (QED) is 0.593. The second-order valence-corrected chi connectivity index (χ2v) is 7.48. The fourth-order valence-corrected chi connectivity index (χ4v) is 2.44. The Kier molecular flexibility index (Phi) is 9.38. The van der Waals surface area contributed by atoms with Crippen molar-refractivity contribution in [1.29, 1.82) is 0 Å².